The Morgan fingerprint density at radius 2 is 1.49 bits per heavy atom. The first-order valence-corrected chi connectivity index (χ1v) is 13.0. The van der Waals surface area contributed by atoms with Crippen LogP contribution in [0, 0.1) is 11.3 Å². The Hall–Kier alpha value is -4.04. The van der Waals surface area contributed by atoms with E-state index in [1.54, 1.807) is 30.3 Å². The lowest BCUT2D eigenvalue weighted by Gasteiger charge is -2.19. The SMILES string of the molecule is C=CCCOc1c(C(=O)O)ccc(OCCCCCCCC)c1-c1ccc(-c2ccc(C#N)cc2)cc1. The molecular formula is C32H35NO4. The fourth-order valence-electron chi connectivity index (χ4n) is 4.15. The highest BCUT2D eigenvalue weighted by molar-refractivity contribution is 5.96. The fourth-order valence-corrected chi connectivity index (χ4v) is 4.15. The maximum absolute atomic E-state index is 12.1. The number of hydrogen-bond acceptors (Lipinski definition) is 4. The van der Waals surface area contributed by atoms with Crippen LogP contribution in [-0.4, -0.2) is 24.3 Å². The lowest BCUT2D eigenvalue weighted by atomic mass is 9.96. The van der Waals surface area contributed by atoms with Gasteiger partial charge in [0.05, 0.1) is 30.4 Å². The molecule has 0 heterocycles. The topological polar surface area (TPSA) is 79.6 Å². The van der Waals surface area contributed by atoms with Gasteiger partial charge in [0.1, 0.15) is 17.1 Å². The van der Waals surface area contributed by atoms with Crippen LogP contribution < -0.4 is 9.47 Å². The zero-order valence-electron chi connectivity index (χ0n) is 21.5. The van der Waals surface area contributed by atoms with E-state index in [1.165, 1.54) is 25.7 Å². The molecule has 37 heavy (non-hydrogen) atoms. The smallest absolute Gasteiger partial charge is 0.339 e. The molecule has 192 valence electrons. The number of benzene rings is 3. The second kappa shape index (κ2) is 14.5. The molecular weight excluding hydrogens is 462 g/mol. The van der Waals surface area contributed by atoms with Crippen molar-refractivity contribution in [3.63, 3.8) is 0 Å². The highest BCUT2D eigenvalue weighted by Gasteiger charge is 2.22. The van der Waals surface area contributed by atoms with Gasteiger partial charge in [-0.1, -0.05) is 81.5 Å². The molecule has 0 radical (unpaired) electrons. The van der Waals surface area contributed by atoms with Gasteiger partial charge in [0.2, 0.25) is 0 Å². The molecule has 0 saturated heterocycles. The van der Waals surface area contributed by atoms with Gasteiger partial charge in [-0.3, -0.25) is 0 Å². The zero-order valence-corrected chi connectivity index (χ0v) is 21.5. The normalized spacial score (nSPS) is 10.5. The molecule has 0 aliphatic rings. The Balaban J connectivity index is 1.93. The molecule has 5 heteroatoms. The van der Waals surface area contributed by atoms with Crippen molar-refractivity contribution in [3.8, 4) is 39.8 Å². The van der Waals surface area contributed by atoms with Crippen molar-refractivity contribution < 1.29 is 19.4 Å². The van der Waals surface area contributed by atoms with E-state index < -0.39 is 5.97 Å². The first kappa shape index (κ1) is 27.5. The summed E-state index contributed by atoms with van der Waals surface area (Å²) in [5.41, 5.74) is 4.15. The summed E-state index contributed by atoms with van der Waals surface area (Å²) in [5, 5.41) is 18.9. The molecule has 0 bridgehead atoms. The van der Waals surface area contributed by atoms with Crippen molar-refractivity contribution in [2.75, 3.05) is 13.2 Å². The van der Waals surface area contributed by atoms with E-state index in [1.807, 2.05) is 36.4 Å². The van der Waals surface area contributed by atoms with Crippen LogP contribution in [0.1, 0.15) is 67.8 Å². The number of carboxylic acids is 1. The van der Waals surface area contributed by atoms with Crippen molar-refractivity contribution in [1.82, 2.24) is 0 Å². The largest absolute Gasteiger partial charge is 0.493 e. The predicted octanol–water partition coefficient (Wildman–Crippen LogP) is 8.28. The monoisotopic (exact) mass is 497 g/mol. The molecule has 0 fully saturated rings. The summed E-state index contributed by atoms with van der Waals surface area (Å²) in [5.74, 6) is -0.134. The molecule has 0 spiro atoms. The van der Waals surface area contributed by atoms with Gasteiger partial charge in [-0.15, -0.1) is 6.58 Å². The van der Waals surface area contributed by atoms with Crippen LogP contribution >= 0.6 is 0 Å². The molecule has 0 aliphatic carbocycles. The van der Waals surface area contributed by atoms with Crippen molar-refractivity contribution in [2.24, 2.45) is 0 Å². The van der Waals surface area contributed by atoms with E-state index in [9.17, 15) is 9.90 Å². The summed E-state index contributed by atoms with van der Waals surface area (Å²) in [7, 11) is 0. The predicted molar refractivity (Wildman–Crippen MR) is 148 cm³/mol. The highest BCUT2D eigenvalue weighted by atomic mass is 16.5. The number of ether oxygens (including phenoxy) is 2. The third-order valence-corrected chi connectivity index (χ3v) is 6.19. The minimum atomic E-state index is -1.05. The number of nitrogens with zero attached hydrogens (tertiary/aromatic N) is 1. The van der Waals surface area contributed by atoms with Crippen molar-refractivity contribution in [2.45, 2.75) is 51.9 Å². The van der Waals surface area contributed by atoms with Crippen LogP contribution in [0.25, 0.3) is 22.3 Å². The number of carboxylic acid groups (broad SMARTS) is 1. The fraction of sp³-hybridized carbons (Fsp3) is 0.312. The Labute approximate surface area is 220 Å². The molecule has 5 nitrogen and oxygen atoms in total. The second-order valence-electron chi connectivity index (χ2n) is 8.93. The Bertz CT molecular complexity index is 1210. The average Bonchev–Trinajstić information content (AvgIpc) is 2.92. The number of aromatic carboxylic acids is 1. The third kappa shape index (κ3) is 7.72. The lowest BCUT2D eigenvalue weighted by Crippen LogP contribution is -2.08. The molecule has 0 aliphatic heterocycles. The highest BCUT2D eigenvalue weighted by Crippen LogP contribution is 2.42. The van der Waals surface area contributed by atoms with Crippen LogP contribution in [0.4, 0.5) is 0 Å². The van der Waals surface area contributed by atoms with Crippen molar-refractivity contribution in [3.05, 3.63) is 84.4 Å². The van der Waals surface area contributed by atoms with E-state index in [0.717, 1.165) is 29.5 Å². The Morgan fingerprint density at radius 3 is 2.11 bits per heavy atom. The Kier molecular flexibility index (Phi) is 10.8. The summed E-state index contributed by atoms with van der Waals surface area (Å²) in [6.45, 7) is 6.82. The number of carbonyl (C=O) groups is 1. The molecule has 0 atom stereocenters. The van der Waals surface area contributed by atoms with Crippen LogP contribution in [0.3, 0.4) is 0 Å². The first-order chi connectivity index (χ1) is 18.1. The molecule has 0 aromatic heterocycles. The van der Waals surface area contributed by atoms with Crippen molar-refractivity contribution in [1.29, 1.82) is 5.26 Å². The minimum absolute atomic E-state index is 0.0992. The van der Waals surface area contributed by atoms with Gasteiger partial charge in [-0.2, -0.15) is 5.26 Å². The summed E-state index contributed by atoms with van der Waals surface area (Å²) in [6.07, 6.45) is 9.28. The standard InChI is InChI=1S/C32H35NO4/c1-3-5-7-8-9-10-22-36-29-20-19-28(32(34)35)31(37-21-6-4-2)30(29)27-17-15-26(16-18-27)25-13-11-24(23-33)12-14-25/h4,11-20H,2-3,5-10,21-22H2,1H3,(H,34,35). The number of unbranched alkanes of at least 4 members (excludes halogenated alkanes) is 5. The summed E-state index contributed by atoms with van der Waals surface area (Å²) >= 11 is 0. The third-order valence-electron chi connectivity index (χ3n) is 6.19. The van der Waals surface area contributed by atoms with E-state index in [-0.39, 0.29) is 5.56 Å². The van der Waals surface area contributed by atoms with E-state index >= 15 is 0 Å². The van der Waals surface area contributed by atoms with E-state index in [0.29, 0.717) is 42.3 Å². The van der Waals surface area contributed by atoms with Gasteiger partial charge in [0.25, 0.3) is 0 Å². The van der Waals surface area contributed by atoms with Crippen LogP contribution in [0.5, 0.6) is 11.5 Å². The molecule has 3 aromatic carbocycles. The number of nitriles is 1. The maximum atomic E-state index is 12.1. The number of hydrogen-bond donors (Lipinski definition) is 1. The van der Waals surface area contributed by atoms with Crippen LogP contribution in [-0.2, 0) is 0 Å². The summed E-state index contributed by atoms with van der Waals surface area (Å²) < 4.78 is 12.2. The second-order valence-corrected chi connectivity index (χ2v) is 8.93. The van der Waals surface area contributed by atoms with Gasteiger partial charge in [0, 0.05) is 0 Å². The lowest BCUT2D eigenvalue weighted by molar-refractivity contribution is 0.0692. The molecule has 0 unspecified atom stereocenters. The summed E-state index contributed by atoms with van der Waals surface area (Å²) in [4.78, 5) is 12.1. The molecule has 3 rings (SSSR count). The van der Waals surface area contributed by atoms with Gasteiger partial charge in [0.15, 0.2) is 0 Å². The van der Waals surface area contributed by atoms with Gasteiger partial charge < -0.3 is 14.6 Å². The molecule has 3 aromatic rings. The van der Waals surface area contributed by atoms with E-state index in [2.05, 4.69) is 19.6 Å². The Morgan fingerprint density at radius 1 is 0.865 bits per heavy atom. The van der Waals surface area contributed by atoms with Crippen molar-refractivity contribution >= 4 is 5.97 Å². The average molecular weight is 498 g/mol. The van der Waals surface area contributed by atoms with Gasteiger partial charge in [-0.05, 0) is 53.8 Å². The summed E-state index contributed by atoms with van der Waals surface area (Å²) in [6, 6.07) is 20.7. The minimum Gasteiger partial charge on any atom is -0.493 e. The van der Waals surface area contributed by atoms with Crippen LogP contribution in [0.15, 0.2) is 73.3 Å². The zero-order chi connectivity index (χ0) is 26.5. The van der Waals surface area contributed by atoms with Gasteiger partial charge >= 0.3 is 5.97 Å². The van der Waals surface area contributed by atoms with Gasteiger partial charge in [-0.25, -0.2) is 4.79 Å². The molecule has 1 N–H and O–H groups in total. The first-order valence-electron chi connectivity index (χ1n) is 13.0. The maximum Gasteiger partial charge on any atom is 0.339 e. The van der Waals surface area contributed by atoms with E-state index in [4.69, 9.17) is 14.7 Å². The quantitative estimate of drug-likeness (QED) is 0.169. The molecule has 0 saturated carbocycles. The molecule has 0 amide bonds. The number of rotatable bonds is 15. The van der Waals surface area contributed by atoms with Crippen LogP contribution in [0.2, 0.25) is 0 Å².